The molecular formula is C23H27N3O4S. The quantitative estimate of drug-likeness (QED) is 0.575. The van der Waals surface area contributed by atoms with Crippen LogP contribution in [0.1, 0.15) is 24.2 Å². The van der Waals surface area contributed by atoms with E-state index in [9.17, 15) is 4.79 Å². The van der Waals surface area contributed by atoms with E-state index in [2.05, 4.69) is 4.90 Å². The molecule has 0 atom stereocenters. The first-order valence-electron chi connectivity index (χ1n) is 10.3. The number of rotatable bonds is 6. The summed E-state index contributed by atoms with van der Waals surface area (Å²) < 4.78 is 17.6. The molecule has 0 aliphatic carbocycles. The topological polar surface area (TPSA) is 64.1 Å². The second-order valence-electron chi connectivity index (χ2n) is 7.61. The highest BCUT2D eigenvalue weighted by molar-refractivity contribution is 7.22. The molecule has 1 aliphatic rings. The molecule has 0 unspecified atom stereocenters. The number of benzene rings is 2. The highest BCUT2D eigenvalue weighted by atomic mass is 32.1. The van der Waals surface area contributed by atoms with Crippen LogP contribution in [-0.4, -0.2) is 62.3 Å². The zero-order chi connectivity index (χ0) is 22.0. The minimum atomic E-state index is 0.0448. The summed E-state index contributed by atoms with van der Waals surface area (Å²) in [5.74, 6) is 2.34. The van der Waals surface area contributed by atoms with Gasteiger partial charge in [-0.15, -0.1) is 0 Å². The first-order valence-corrected chi connectivity index (χ1v) is 11.1. The third kappa shape index (κ3) is 4.39. The lowest BCUT2D eigenvalue weighted by atomic mass is 10.1. The van der Waals surface area contributed by atoms with Gasteiger partial charge in [0.25, 0.3) is 5.91 Å². The number of piperazine rings is 1. The summed E-state index contributed by atoms with van der Waals surface area (Å²) in [6.45, 7) is 6.71. The van der Waals surface area contributed by atoms with Crippen LogP contribution in [-0.2, 0) is 0 Å². The van der Waals surface area contributed by atoms with Crippen LogP contribution >= 0.6 is 11.3 Å². The number of nitrogens with zero attached hydrogens (tertiary/aromatic N) is 3. The van der Waals surface area contributed by atoms with Crippen molar-refractivity contribution in [3.63, 3.8) is 0 Å². The third-order valence-electron chi connectivity index (χ3n) is 5.21. The van der Waals surface area contributed by atoms with Crippen LogP contribution in [0.5, 0.6) is 17.2 Å². The molecule has 1 amide bonds. The second-order valence-corrected chi connectivity index (χ2v) is 8.59. The maximum absolute atomic E-state index is 12.9. The van der Waals surface area contributed by atoms with Gasteiger partial charge in [-0.2, -0.15) is 0 Å². The number of carbonyl (C=O) groups excluding carboxylic acids is 1. The van der Waals surface area contributed by atoms with Crippen LogP contribution < -0.4 is 19.1 Å². The maximum Gasteiger partial charge on any atom is 0.253 e. The van der Waals surface area contributed by atoms with Gasteiger partial charge >= 0.3 is 0 Å². The van der Waals surface area contributed by atoms with E-state index in [1.54, 1.807) is 25.6 Å². The monoisotopic (exact) mass is 441 g/mol. The predicted octanol–water partition coefficient (Wildman–Crippen LogP) is 4.06. The van der Waals surface area contributed by atoms with Gasteiger partial charge in [-0.25, -0.2) is 4.98 Å². The molecule has 0 saturated carbocycles. The van der Waals surface area contributed by atoms with Crippen LogP contribution in [0, 0.1) is 0 Å². The Morgan fingerprint density at radius 3 is 2.23 bits per heavy atom. The molecule has 0 bridgehead atoms. The van der Waals surface area contributed by atoms with Crippen molar-refractivity contribution >= 4 is 32.6 Å². The Morgan fingerprint density at radius 2 is 1.61 bits per heavy atom. The normalized spacial score (nSPS) is 14.2. The molecule has 164 valence electrons. The highest BCUT2D eigenvalue weighted by Gasteiger charge is 2.25. The lowest BCUT2D eigenvalue weighted by Crippen LogP contribution is -2.48. The Morgan fingerprint density at radius 1 is 0.968 bits per heavy atom. The summed E-state index contributed by atoms with van der Waals surface area (Å²) in [6, 6.07) is 11.1. The first kappa shape index (κ1) is 21.2. The summed E-state index contributed by atoms with van der Waals surface area (Å²) in [5.41, 5.74) is 1.49. The van der Waals surface area contributed by atoms with E-state index in [4.69, 9.17) is 19.2 Å². The van der Waals surface area contributed by atoms with Crippen LogP contribution in [0.4, 0.5) is 5.13 Å². The summed E-state index contributed by atoms with van der Waals surface area (Å²) in [5, 5.41) is 0.917. The molecule has 31 heavy (non-hydrogen) atoms. The Labute approximate surface area is 186 Å². The molecule has 0 N–H and O–H groups in total. The largest absolute Gasteiger partial charge is 0.495 e. The van der Waals surface area contributed by atoms with Gasteiger partial charge in [0.15, 0.2) is 5.13 Å². The van der Waals surface area contributed by atoms with Crippen LogP contribution in [0.3, 0.4) is 0 Å². The van der Waals surface area contributed by atoms with Gasteiger partial charge in [0.05, 0.1) is 20.3 Å². The summed E-state index contributed by atoms with van der Waals surface area (Å²) >= 11 is 1.59. The molecule has 0 spiro atoms. The standard InChI is InChI=1S/C23H27N3O4S/c1-15(2)30-17-7-5-16(6-8-17)22(27)25-11-13-26(14-12-25)23-24-20-18(28-3)9-10-19(29-4)21(20)31-23/h5-10,15H,11-14H2,1-4H3. The predicted molar refractivity (Wildman–Crippen MR) is 123 cm³/mol. The lowest BCUT2D eigenvalue weighted by Gasteiger charge is -2.34. The number of aromatic nitrogens is 1. The van der Waals surface area contributed by atoms with Crippen molar-refractivity contribution in [1.82, 2.24) is 9.88 Å². The highest BCUT2D eigenvalue weighted by Crippen LogP contribution is 2.40. The number of hydrogen-bond donors (Lipinski definition) is 0. The van der Waals surface area contributed by atoms with Gasteiger partial charge in [-0.05, 0) is 50.2 Å². The minimum Gasteiger partial charge on any atom is -0.495 e. The fraction of sp³-hybridized carbons (Fsp3) is 0.391. The van der Waals surface area contributed by atoms with E-state index in [-0.39, 0.29) is 12.0 Å². The van der Waals surface area contributed by atoms with Crippen molar-refractivity contribution in [3.05, 3.63) is 42.0 Å². The Bertz CT molecular complexity index is 1020. The fourth-order valence-electron chi connectivity index (χ4n) is 3.64. The number of fused-ring (bicyclic) bond motifs is 1. The zero-order valence-corrected chi connectivity index (χ0v) is 19.1. The average molecular weight is 442 g/mol. The molecule has 1 aliphatic heterocycles. The third-order valence-corrected chi connectivity index (χ3v) is 6.34. The van der Waals surface area contributed by atoms with Gasteiger partial charge in [-0.3, -0.25) is 4.79 Å². The molecule has 1 fully saturated rings. The second kappa shape index (κ2) is 9.01. The summed E-state index contributed by atoms with van der Waals surface area (Å²) in [7, 11) is 3.30. The van der Waals surface area contributed by atoms with Gasteiger partial charge in [-0.1, -0.05) is 11.3 Å². The van der Waals surface area contributed by atoms with E-state index < -0.39 is 0 Å². The zero-order valence-electron chi connectivity index (χ0n) is 18.3. The number of carbonyl (C=O) groups is 1. The lowest BCUT2D eigenvalue weighted by molar-refractivity contribution is 0.0746. The molecule has 1 aromatic heterocycles. The molecule has 3 aromatic rings. The van der Waals surface area contributed by atoms with Gasteiger partial charge in [0.1, 0.15) is 27.5 Å². The van der Waals surface area contributed by atoms with Crippen LogP contribution in [0.2, 0.25) is 0 Å². The number of hydrogen-bond acceptors (Lipinski definition) is 7. The Hall–Kier alpha value is -3.00. The van der Waals surface area contributed by atoms with Crippen LogP contribution in [0.15, 0.2) is 36.4 Å². The smallest absolute Gasteiger partial charge is 0.253 e. The number of amides is 1. The molecule has 1 saturated heterocycles. The van der Waals surface area contributed by atoms with Crippen molar-refractivity contribution in [2.75, 3.05) is 45.3 Å². The van der Waals surface area contributed by atoms with E-state index >= 15 is 0 Å². The number of thiazole rings is 1. The SMILES string of the molecule is COc1ccc(OC)c2sc(N3CCN(C(=O)c4ccc(OC(C)C)cc4)CC3)nc12. The molecular weight excluding hydrogens is 414 g/mol. The molecule has 0 radical (unpaired) electrons. The maximum atomic E-state index is 12.9. The first-order chi connectivity index (χ1) is 15.0. The number of methoxy groups -OCH3 is 2. The molecule has 7 nitrogen and oxygen atoms in total. The van der Waals surface area contributed by atoms with Gasteiger partial charge in [0.2, 0.25) is 0 Å². The van der Waals surface area contributed by atoms with Crippen LogP contribution in [0.25, 0.3) is 10.2 Å². The molecule has 8 heteroatoms. The van der Waals surface area contributed by atoms with Crippen molar-refractivity contribution in [1.29, 1.82) is 0 Å². The van der Waals surface area contributed by atoms with Crippen molar-refractivity contribution in [3.8, 4) is 17.2 Å². The number of ether oxygens (including phenoxy) is 3. The fourth-order valence-corrected chi connectivity index (χ4v) is 4.77. The van der Waals surface area contributed by atoms with Crippen molar-refractivity contribution < 1.29 is 19.0 Å². The summed E-state index contributed by atoms with van der Waals surface area (Å²) in [4.78, 5) is 21.8. The average Bonchev–Trinajstić information content (AvgIpc) is 3.24. The molecule has 2 heterocycles. The molecule has 2 aromatic carbocycles. The van der Waals surface area contributed by atoms with Crippen molar-refractivity contribution in [2.45, 2.75) is 20.0 Å². The van der Waals surface area contributed by atoms with E-state index in [0.29, 0.717) is 18.7 Å². The Balaban J connectivity index is 1.44. The van der Waals surface area contributed by atoms with E-state index in [0.717, 1.165) is 45.7 Å². The van der Waals surface area contributed by atoms with Gasteiger partial charge in [0, 0.05) is 31.7 Å². The van der Waals surface area contributed by atoms with Crippen molar-refractivity contribution in [2.24, 2.45) is 0 Å². The number of anilines is 1. The molecule has 4 rings (SSSR count). The van der Waals surface area contributed by atoms with Gasteiger partial charge < -0.3 is 24.0 Å². The summed E-state index contributed by atoms with van der Waals surface area (Å²) in [6.07, 6.45) is 0.108. The minimum absolute atomic E-state index is 0.0448. The Kier molecular flexibility index (Phi) is 6.18. The van der Waals surface area contributed by atoms with E-state index in [1.165, 1.54) is 0 Å². The van der Waals surface area contributed by atoms with E-state index in [1.807, 2.05) is 55.1 Å².